The molecule has 2 aliphatic heterocycles. The van der Waals surface area contributed by atoms with Crippen LogP contribution in [-0.4, -0.2) is 50.7 Å². The first-order chi connectivity index (χ1) is 12.0. The molecule has 0 bridgehead atoms. The zero-order valence-corrected chi connectivity index (χ0v) is 14.4. The molecule has 0 atom stereocenters. The van der Waals surface area contributed by atoms with Gasteiger partial charge >= 0.3 is 6.61 Å². The Balaban J connectivity index is 1.69. The molecule has 2 aliphatic rings. The lowest BCUT2D eigenvalue weighted by Crippen LogP contribution is -2.47. The monoisotopic (exact) mass is 354 g/mol. The molecule has 0 saturated carbocycles. The van der Waals surface area contributed by atoms with Gasteiger partial charge in [-0.2, -0.15) is 8.78 Å². The molecule has 0 radical (unpaired) electrons. The molecule has 138 valence electrons. The zero-order chi connectivity index (χ0) is 17.9. The number of carbonyl (C=O) groups excluding carboxylic acids is 1. The van der Waals surface area contributed by atoms with Gasteiger partial charge in [0.25, 0.3) is 5.91 Å². The summed E-state index contributed by atoms with van der Waals surface area (Å²) in [6.07, 6.45) is 4.31. The third kappa shape index (κ3) is 4.03. The summed E-state index contributed by atoms with van der Waals surface area (Å²) < 4.78 is 34.6. The molecule has 2 heterocycles. The van der Waals surface area contributed by atoms with Crippen molar-refractivity contribution in [3.63, 3.8) is 0 Å². The summed E-state index contributed by atoms with van der Waals surface area (Å²) in [5.41, 5.74) is 0.698. The largest absolute Gasteiger partial charge is 0.493 e. The smallest absolute Gasteiger partial charge is 0.387 e. The third-order valence-corrected chi connectivity index (χ3v) is 5.40. The van der Waals surface area contributed by atoms with Crippen LogP contribution in [0.15, 0.2) is 18.2 Å². The lowest BCUT2D eigenvalue weighted by Gasteiger charge is -2.44. The first kappa shape index (κ1) is 17.9. The minimum absolute atomic E-state index is 0.116. The van der Waals surface area contributed by atoms with E-state index in [4.69, 9.17) is 4.74 Å². The molecular formula is C18H24F2N2O3. The summed E-state index contributed by atoms with van der Waals surface area (Å²) >= 11 is 0. The maximum Gasteiger partial charge on any atom is 0.387 e. The highest BCUT2D eigenvalue weighted by molar-refractivity contribution is 5.95. The average molecular weight is 354 g/mol. The van der Waals surface area contributed by atoms with Crippen LogP contribution in [0.1, 0.15) is 36.0 Å². The molecule has 1 spiro atoms. The van der Waals surface area contributed by atoms with Crippen LogP contribution in [0.4, 0.5) is 8.78 Å². The fourth-order valence-electron chi connectivity index (χ4n) is 3.82. The highest BCUT2D eigenvalue weighted by Crippen LogP contribution is 2.40. The van der Waals surface area contributed by atoms with Crippen LogP contribution in [0.3, 0.4) is 0 Å². The Bertz CT molecular complexity index is 608. The molecule has 1 amide bonds. The Labute approximate surface area is 146 Å². The van der Waals surface area contributed by atoms with Crippen molar-refractivity contribution in [1.82, 2.24) is 10.2 Å². The van der Waals surface area contributed by atoms with E-state index >= 15 is 0 Å². The van der Waals surface area contributed by atoms with Gasteiger partial charge in [0.1, 0.15) is 0 Å². The topological polar surface area (TPSA) is 50.8 Å². The number of ether oxygens (including phenoxy) is 2. The molecule has 25 heavy (non-hydrogen) atoms. The zero-order valence-electron chi connectivity index (χ0n) is 14.4. The van der Waals surface area contributed by atoms with Gasteiger partial charge in [0.2, 0.25) is 0 Å². The number of hydrogen-bond acceptors (Lipinski definition) is 4. The second-order valence-corrected chi connectivity index (χ2v) is 6.79. The predicted molar refractivity (Wildman–Crippen MR) is 89.3 cm³/mol. The standard InChI is InChI=1S/C18H24F2N2O3/c1-24-14-3-2-13(12-15(14)25-17(19)20)16(23)22-10-6-18(7-11-22)4-8-21-9-5-18/h2-3,12,17,21H,4-11H2,1H3. The van der Waals surface area contributed by atoms with Crippen molar-refractivity contribution in [2.75, 3.05) is 33.3 Å². The van der Waals surface area contributed by atoms with Gasteiger partial charge in [-0.15, -0.1) is 0 Å². The van der Waals surface area contributed by atoms with Gasteiger partial charge in [-0.1, -0.05) is 0 Å². The molecule has 5 nitrogen and oxygen atoms in total. The molecule has 1 N–H and O–H groups in total. The van der Waals surface area contributed by atoms with E-state index in [-0.39, 0.29) is 17.4 Å². The van der Waals surface area contributed by atoms with Crippen LogP contribution in [-0.2, 0) is 0 Å². The van der Waals surface area contributed by atoms with Crippen molar-refractivity contribution >= 4 is 5.91 Å². The second-order valence-electron chi connectivity index (χ2n) is 6.79. The molecular weight excluding hydrogens is 330 g/mol. The van der Waals surface area contributed by atoms with Crippen molar-refractivity contribution < 1.29 is 23.0 Å². The molecule has 2 fully saturated rings. The van der Waals surface area contributed by atoms with E-state index in [0.29, 0.717) is 24.1 Å². The van der Waals surface area contributed by atoms with Crippen LogP contribution >= 0.6 is 0 Å². The van der Waals surface area contributed by atoms with Gasteiger partial charge in [-0.3, -0.25) is 4.79 Å². The maximum atomic E-state index is 12.7. The van der Waals surface area contributed by atoms with E-state index in [1.807, 2.05) is 0 Å². The Hall–Kier alpha value is -1.89. The molecule has 1 aromatic carbocycles. The fraction of sp³-hybridized carbons (Fsp3) is 0.611. The number of hydrogen-bond donors (Lipinski definition) is 1. The highest BCUT2D eigenvalue weighted by atomic mass is 19.3. The van der Waals surface area contributed by atoms with Crippen LogP contribution < -0.4 is 14.8 Å². The summed E-state index contributed by atoms with van der Waals surface area (Å²) in [6, 6.07) is 4.42. The van der Waals surface area contributed by atoms with Gasteiger partial charge in [0, 0.05) is 18.7 Å². The van der Waals surface area contributed by atoms with Crippen molar-refractivity contribution in [1.29, 1.82) is 0 Å². The normalized spacial score (nSPS) is 19.9. The van der Waals surface area contributed by atoms with E-state index in [2.05, 4.69) is 10.1 Å². The van der Waals surface area contributed by atoms with E-state index < -0.39 is 6.61 Å². The number of halogens is 2. The maximum absolute atomic E-state index is 12.7. The minimum atomic E-state index is -2.96. The number of alkyl halides is 2. The lowest BCUT2D eigenvalue weighted by atomic mass is 9.71. The first-order valence-electron chi connectivity index (χ1n) is 8.66. The molecule has 2 saturated heterocycles. The number of nitrogens with one attached hydrogen (secondary N) is 1. The van der Waals surface area contributed by atoms with Gasteiger partial charge in [-0.05, 0) is 62.4 Å². The average Bonchev–Trinajstić information content (AvgIpc) is 2.62. The first-order valence-corrected chi connectivity index (χ1v) is 8.66. The Morgan fingerprint density at radius 1 is 1.16 bits per heavy atom. The van der Waals surface area contributed by atoms with Crippen molar-refractivity contribution in [2.24, 2.45) is 5.41 Å². The number of rotatable bonds is 4. The second kappa shape index (κ2) is 7.56. The SMILES string of the molecule is COc1ccc(C(=O)N2CCC3(CCNCC3)CC2)cc1OC(F)F. The number of carbonyl (C=O) groups is 1. The number of benzene rings is 1. The van der Waals surface area contributed by atoms with Gasteiger partial charge in [0.15, 0.2) is 11.5 Å². The van der Waals surface area contributed by atoms with Gasteiger partial charge < -0.3 is 19.7 Å². The van der Waals surface area contributed by atoms with Crippen molar-refractivity contribution in [2.45, 2.75) is 32.3 Å². The third-order valence-electron chi connectivity index (χ3n) is 5.40. The summed E-state index contributed by atoms with van der Waals surface area (Å²) in [4.78, 5) is 14.5. The number of piperidine rings is 2. The number of methoxy groups -OCH3 is 1. The molecule has 0 unspecified atom stereocenters. The van der Waals surface area contributed by atoms with Crippen LogP contribution in [0.25, 0.3) is 0 Å². The molecule has 1 aromatic rings. The predicted octanol–water partition coefficient (Wildman–Crippen LogP) is 2.90. The van der Waals surface area contributed by atoms with Crippen LogP contribution in [0.2, 0.25) is 0 Å². The Kier molecular flexibility index (Phi) is 5.42. The number of nitrogens with zero attached hydrogens (tertiary/aromatic N) is 1. The van der Waals surface area contributed by atoms with E-state index in [1.165, 1.54) is 19.2 Å². The molecule has 3 rings (SSSR count). The lowest BCUT2D eigenvalue weighted by molar-refractivity contribution is -0.0512. The quantitative estimate of drug-likeness (QED) is 0.903. The summed E-state index contributed by atoms with van der Waals surface area (Å²) in [5.74, 6) is -0.0788. The Morgan fingerprint density at radius 3 is 2.44 bits per heavy atom. The van der Waals surface area contributed by atoms with Crippen LogP contribution in [0.5, 0.6) is 11.5 Å². The van der Waals surface area contributed by atoms with Crippen molar-refractivity contribution in [3.05, 3.63) is 23.8 Å². The summed E-state index contributed by atoms with van der Waals surface area (Å²) in [7, 11) is 1.37. The van der Waals surface area contributed by atoms with E-state index in [1.54, 1.807) is 11.0 Å². The van der Waals surface area contributed by atoms with Gasteiger partial charge in [-0.25, -0.2) is 0 Å². The van der Waals surface area contributed by atoms with Crippen LogP contribution in [0, 0.1) is 5.41 Å². The number of likely N-dealkylation sites (tertiary alicyclic amines) is 1. The van der Waals surface area contributed by atoms with E-state index in [0.717, 1.165) is 38.8 Å². The highest BCUT2D eigenvalue weighted by Gasteiger charge is 2.36. The van der Waals surface area contributed by atoms with Crippen molar-refractivity contribution in [3.8, 4) is 11.5 Å². The van der Waals surface area contributed by atoms with E-state index in [9.17, 15) is 13.6 Å². The molecule has 7 heteroatoms. The molecule has 0 aliphatic carbocycles. The van der Waals surface area contributed by atoms with Gasteiger partial charge in [0.05, 0.1) is 7.11 Å². The molecule has 0 aromatic heterocycles. The summed E-state index contributed by atoms with van der Waals surface area (Å²) in [6.45, 7) is 0.529. The summed E-state index contributed by atoms with van der Waals surface area (Å²) in [5, 5.41) is 3.38. The fourth-order valence-corrected chi connectivity index (χ4v) is 3.82. The Morgan fingerprint density at radius 2 is 1.84 bits per heavy atom. The number of amides is 1. The minimum Gasteiger partial charge on any atom is -0.493 e.